The number of rotatable bonds is 6. The normalized spacial score (nSPS) is 12.8. The van der Waals surface area contributed by atoms with Gasteiger partial charge in [0, 0.05) is 17.6 Å². The first-order valence-corrected chi connectivity index (χ1v) is 6.86. The molecule has 0 aliphatic heterocycles. The molecule has 0 bridgehead atoms. The molecule has 0 fully saturated rings. The molecule has 0 radical (unpaired) electrons. The van der Waals surface area contributed by atoms with Crippen molar-refractivity contribution in [3.05, 3.63) is 42.1 Å². The average molecular weight is 242 g/mol. The van der Waals surface area contributed by atoms with Crippen molar-refractivity contribution in [3.63, 3.8) is 0 Å². The second kappa shape index (κ2) is 6.50. The maximum atomic E-state index is 4.40. The van der Waals surface area contributed by atoms with Crippen LogP contribution in [0.4, 0.5) is 0 Å². The lowest BCUT2D eigenvalue weighted by atomic mass is 10.0. The Labute approximate surface area is 109 Å². The first kappa shape index (κ1) is 13.0. The molecule has 1 unspecified atom stereocenters. The number of aromatic nitrogens is 1. The summed E-state index contributed by atoms with van der Waals surface area (Å²) in [7, 11) is 0. The molecule has 1 aromatic carbocycles. The van der Waals surface area contributed by atoms with Crippen molar-refractivity contribution in [2.24, 2.45) is 0 Å². The van der Waals surface area contributed by atoms with E-state index in [1.165, 1.54) is 23.8 Å². The van der Waals surface area contributed by atoms with Crippen LogP contribution in [0.2, 0.25) is 0 Å². The highest BCUT2D eigenvalue weighted by atomic mass is 14.9. The van der Waals surface area contributed by atoms with Crippen molar-refractivity contribution < 1.29 is 0 Å². The second-order valence-electron chi connectivity index (χ2n) is 4.92. The van der Waals surface area contributed by atoms with Crippen LogP contribution in [0.15, 0.2) is 36.5 Å². The molecular formula is C16H22N2. The van der Waals surface area contributed by atoms with Crippen molar-refractivity contribution in [1.82, 2.24) is 10.3 Å². The average Bonchev–Trinajstić information content (AvgIpc) is 2.42. The van der Waals surface area contributed by atoms with Gasteiger partial charge in [-0.1, -0.05) is 25.1 Å². The molecule has 1 N–H and O–H groups in total. The molecule has 2 heteroatoms. The van der Waals surface area contributed by atoms with Crippen LogP contribution in [0.3, 0.4) is 0 Å². The van der Waals surface area contributed by atoms with Gasteiger partial charge >= 0.3 is 0 Å². The summed E-state index contributed by atoms with van der Waals surface area (Å²) in [5.74, 6) is 0. The number of hydrogen-bond donors (Lipinski definition) is 1. The summed E-state index contributed by atoms with van der Waals surface area (Å²) in [6.45, 7) is 5.57. The molecule has 0 aliphatic rings. The molecule has 18 heavy (non-hydrogen) atoms. The fourth-order valence-corrected chi connectivity index (χ4v) is 2.14. The topological polar surface area (TPSA) is 24.9 Å². The Kier molecular flexibility index (Phi) is 4.71. The maximum absolute atomic E-state index is 4.40. The van der Waals surface area contributed by atoms with Gasteiger partial charge in [-0.3, -0.25) is 4.98 Å². The number of nitrogens with one attached hydrogen (secondary N) is 1. The van der Waals surface area contributed by atoms with E-state index < -0.39 is 0 Å². The van der Waals surface area contributed by atoms with Crippen LogP contribution < -0.4 is 5.32 Å². The predicted octanol–water partition coefficient (Wildman–Crippen LogP) is 3.56. The zero-order chi connectivity index (χ0) is 12.8. The number of pyridine rings is 1. The molecule has 2 aromatic rings. The number of aryl methyl sites for hydroxylation is 1. The van der Waals surface area contributed by atoms with Gasteiger partial charge in [-0.25, -0.2) is 0 Å². The molecule has 2 rings (SSSR count). The van der Waals surface area contributed by atoms with E-state index in [9.17, 15) is 0 Å². The van der Waals surface area contributed by atoms with Crippen molar-refractivity contribution in [2.75, 3.05) is 6.54 Å². The lowest BCUT2D eigenvalue weighted by Crippen LogP contribution is -2.27. The Morgan fingerprint density at radius 1 is 1.28 bits per heavy atom. The molecule has 96 valence electrons. The van der Waals surface area contributed by atoms with Crippen molar-refractivity contribution in [1.29, 1.82) is 0 Å². The van der Waals surface area contributed by atoms with Crippen LogP contribution in [0.5, 0.6) is 0 Å². The van der Waals surface area contributed by atoms with Crippen LogP contribution in [-0.2, 0) is 6.42 Å². The molecule has 0 aliphatic carbocycles. The van der Waals surface area contributed by atoms with E-state index in [4.69, 9.17) is 0 Å². The molecule has 1 heterocycles. The maximum Gasteiger partial charge on any atom is 0.0704 e. The smallest absolute Gasteiger partial charge is 0.0704 e. The van der Waals surface area contributed by atoms with Gasteiger partial charge < -0.3 is 5.32 Å². The number of hydrogen-bond acceptors (Lipinski definition) is 2. The summed E-state index contributed by atoms with van der Waals surface area (Å²) in [4.78, 5) is 4.40. The lowest BCUT2D eigenvalue weighted by molar-refractivity contribution is 0.514. The molecule has 0 amide bonds. The van der Waals surface area contributed by atoms with Gasteiger partial charge in [0.2, 0.25) is 0 Å². The standard InChI is InChI=1S/C16H22N2/c1-3-10-17-13(2)6-7-14-8-9-15-5-4-11-18-16(15)12-14/h4-5,8-9,11-13,17H,3,6-7,10H2,1-2H3. The first-order chi connectivity index (χ1) is 8.79. The fourth-order valence-electron chi connectivity index (χ4n) is 2.14. The summed E-state index contributed by atoms with van der Waals surface area (Å²) in [5.41, 5.74) is 2.48. The molecule has 2 nitrogen and oxygen atoms in total. The molecule has 0 saturated carbocycles. The van der Waals surface area contributed by atoms with Crippen molar-refractivity contribution in [3.8, 4) is 0 Å². The van der Waals surface area contributed by atoms with Gasteiger partial charge in [-0.05, 0) is 50.4 Å². The first-order valence-electron chi connectivity index (χ1n) is 6.86. The number of benzene rings is 1. The number of nitrogens with zero attached hydrogens (tertiary/aromatic N) is 1. The highest BCUT2D eigenvalue weighted by Gasteiger charge is 2.02. The summed E-state index contributed by atoms with van der Waals surface area (Å²) in [5, 5.41) is 4.74. The van der Waals surface area contributed by atoms with Gasteiger partial charge in [0.25, 0.3) is 0 Å². The third kappa shape index (κ3) is 3.54. The van der Waals surface area contributed by atoms with Gasteiger partial charge in [0.05, 0.1) is 5.52 Å². The third-order valence-electron chi connectivity index (χ3n) is 3.28. The molecular weight excluding hydrogens is 220 g/mol. The molecule has 1 aromatic heterocycles. The minimum atomic E-state index is 0.587. The van der Waals surface area contributed by atoms with Gasteiger partial charge in [0.15, 0.2) is 0 Å². The monoisotopic (exact) mass is 242 g/mol. The Hall–Kier alpha value is -1.41. The summed E-state index contributed by atoms with van der Waals surface area (Å²) in [6.07, 6.45) is 5.35. The van der Waals surface area contributed by atoms with E-state index in [0.717, 1.165) is 18.5 Å². The SMILES string of the molecule is CCCNC(C)CCc1ccc2cccnc2c1. The Balaban J connectivity index is 1.95. The molecule has 1 atom stereocenters. The largest absolute Gasteiger partial charge is 0.314 e. The minimum Gasteiger partial charge on any atom is -0.314 e. The fraction of sp³-hybridized carbons (Fsp3) is 0.438. The van der Waals surface area contributed by atoms with Gasteiger partial charge in [-0.2, -0.15) is 0 Å². The highest BCUT2D eigenvalue weighted by Crippen LogP contribution is 2.14. The van der Waals surface area contributed by atoms with Crippen LogP contribution in [0, 0.1) is 0 Å². The van der Waals surface area contributed by atoms with E-state index in [-0.39, 0.29) is 0 Å². The van der Waals surface area contributed by atoms with Crippen LogP contribution in [0.1, 0.15) is 32.3 Å². The zero-order valence-electron chi connectivity index (χ0n) is 11.3. The van der Waals surface area contributed by atoms with Crippen molar-refractivity contribution >= 4 is 10.9 Å². The Morgan fingerprint density at radius 2 is 2.17 bits per heavy atom. The predicted molar refractivity (Wildman–Crippen MR) is 77.8 cm³/mol. The Morgan fingerprint density at radius 3 is 3.00 bits per heavy atom. The van der Waals surface area contributed by atoms with Crippen LogP contribution in [0.25, 0.3) is 10.9 Å². The summed E-state index contributed by atoms with van der Waals surface area (Å²) < 4.78 is 0. The third-order valence-corrected chi connectivity index (χ3v) is 3.28. The van der Waals surface area contributed by atoms with E-state index >= 15 is 0 Å². The highest BCUT2D eigenvalue weighted by molar-refractivity contribution is 5.78. The molecule has 0 spiro atoms. The zero-order valence-corrected chi connectivity index (χ0v) is 11.3. The van der Waals surface area contributed by atoms with Crippen molar-refractivity contribution in [2.45, 2.75) is 39.2 Å². The van der Waals surface area contributed by atoms with Gasteiger partial charge in [-0.15, -0.1) is 0 Å². The van der Waals surface area contributed by atoms with E-state index in [2.05, 4.69) is 48.4 Å². The Bertz CT molecular complexity index is 493. The van der Waals surface area contributed by atoms with E-state index in [1.807, 2.05) is 12.3 Å². The van der Waals surface area contributed by atoms with Crippen LogP contribution in [-0.4, -0.2) is 17.6 Å². The van der Waals surface area contributed by atoms with E-state index in [0.29, 0.717) is 6.04 Å². The summed E-state index contributed by atoms with van der Waals surface area (Å²) >= 11 is 0. The van der Waals surface area contributed by atoms with Gasteiger partial charge in [0.1, 0.15) is 0 Å². The van der Waals surface area contributed by atoms with E-state index in [1.54, 1.807) is 0 Å². The summed E-state index contributed by atoms with van der Waals surface area (Å²) in [6, 6.07) is 11.3. The number of fused-ring (bicyclic) bond motifs is 1. The lowest BCUT2D eigenvalue weighted by Gasteiger charge is -2.13. The quantitative estimate of drug-likeness (QED) is 0.838. The molecule has 0 saturated heterocycles. The van der Waals surface area contributed by atoms with Crippen LogP contribution >= 0.6 is 0 Å². The minimum absolute atomic E-state index is 0.587. The second-order valence-corrected chi connectivity index (χ2v) is 4.92.